The third-order valence-corrected chi connectivity index (χ3v) is 4.35. The van der Waals surface area contributed by atoms with Crippen molar-refractivity contribution in [1.82, 2.24) is 9.13 Å². The van der Waals surface area contributed by atoms with Crippen LogP contribution in [-0.2, 0) is 27.5 Å². The fourth-order valence-electron chi connectivity index (χ4n) is 2.54. The van der Waals surface area contributed by atoms with E-state index in [-0.39, 0.29) is 44.9 Å². The van der Waals surface area contributed by atoms with Gasteiger partial charge in [-0.2, -0.15) is 13.2 Å². The second-order valence-electron chi connectivity index (χ2n) is 6.13. The van der Waals surface area contributed by atoms with E-state index in [0.29, 0.717) is 0 Å². The molecule has 2 rings (SSSR count). The topological polar surface area (TPSA) is 88.8 Å². The average molecular weight is 481 g/mol. The molecule has 174 valence electrons. The van der Waals surface area contributed by atoms with E-state index in [0.717, 1.165) is 25.3 Å². The van der Waals surface area contributed by atoms with Gasteiger partial charge in [0.1, 0.15) is 29.6 Å². The first kappa shape index (κ1) is 25.0. The van der Waals surface area contributed by atoms with Crippen LogP contribution in [0.4, 0.5) is 17.6 Å². The summed E-state index contributed by atoms with van der Waals surface area (Å²) in [4.78, 5) is 36.2. The number of carbonyl (C=O) groups is 1. The first-order valence-electron chi connectivity index (χ1n) is 8.84. The zero-order chi connectivity index (χ0) is 24.2. The number of rotatable bonds is 7. The maximum Gasteiger partial charge on any atom is 0.431 e. The molecule has 0 saturated carbocycles. The maximum atomic E-state index is 14.5. The first-order chi connectivity index (χ1) is 14.9. The van der Waals surface area contributed by atoms with Crippen molar-refractivity contribution >= 4 is 17.6 Å². The van der Waals surface area contributed by atoms with Crippen molar-refractivity contribution < 1.29 is 36.6 Å². The predicted octanol–water partition coefficient (Wildman–Crippen LogP) is 2.82. The fourth-order valence-corrected chi connectivity index (χ4v) is 2.75. The van der Waals surface area contributed by atoms with Crippen LogP contribution in [0.2, 0.25) is 5.02 Å². The van der Waals surface area contributed by atoms with Gasteiger partial charge < -0.3 is 14.2 Å². The average Bonchev–Trinajstić information content (AvgIpc) is 2.69. The van der Waals surface area contributed by atoms with Gasteiger partial charge in [-0.15, -0.1) is 0 Å². The lowest BCUT2D eigenvalue weighted by Gasteiger charge is -2.16. The van der Waals surface area contributed by atoms with Gasteiger partial charge in [-0.3, -0.25) is 9.36 Å². The molecule has 0 fully saturated rings. The molecular weight excluding hydrogens is 464 g/mol. The Bertz CT molecular complexity index is 1170. The number of methoxy groups -OCH3 is 1. The number of hydrogen-bond donors (Lipinski definition) is 0. The summed E-state index contributed by atoms with van der Waals surface area (Å²) in [5, 5.41) is -0.269. The number of alkyl halides is 3. The van der Waals surface area contributed by atoms with Crippen LogP contribution in [-0.4, -0.2) is 35.4 Å². The van der Waals surface area contributed by atoms with Crippen molar-refractivity contribution in [3.05, 3.63) is 67.4 Å². The molecule has 0 atom stereocenters. The molecule has 8 nitrogen and oxygen atoms in total. The molecule has 0 unspecified atom stereocenters. The van der Waals surface area contributed by atoms with Crippen molar-refractivity contribution in [2.75, 3.05) is 20.3 Å². The van der Waals surface area contributed by atoms with Crippen LogP contribution in [0.5, 0.6) is 5.75 Å². The van der Waals surface area contributed by atoms with Gasteiger partial charge in [-0.1, -0.05) is 11.6 Å². The highest BCUT2D eigenvalue weighted by molar-refractivity contribution is 6.32. The van der Waals surface area contributed by atoms with Gasteiger partial charge in [0.2, 0.25) is 0 Å². The molecular formula is C19H17ClF4N2O6. The summed E-state index contributed by atoms with van der Waals surface area (Å²) in [6.07, 6.45) is -3.97. The van der Waals surface area contributed by atoms with E-state index < -0.39 is 40.6 Å². The number of halogens is 5. The van der Waals surface area contributed by atoms with Gasteiger partial charge in [0.15, 0.2) is 0 Å². The zero-order valence-electron chi connectivity index (χ0n) is 17.0. The number of carbonyl (C=O) groups excluding carboxylic acids is 1. The molecule has 0 amide bonds. The van der Waals surface area contributed by atoms with E-state index in [4.69, 9.17) is 25.8 Å². The Labute approximate surface area is 183 Å². The Morgan fingerprint density at radius 3 is 2.44 bits per heavy atom. The summed E-state index contributed by atoms with van der Waals surface area (Å²) < 4.78 is 69.0. The van der Waals surface area contributed by atoms with Crippen molar-refractivity contribution in [3.63, 3.8) is 0 Å². The van der Waals surface area contributed by atoms with E-state index in [1.165, 1.54) is 7.11 Å². The summed E-state index contributed by atoms with van der Waals surface area (Å²) in [7, 11) is 2.04. The van der Waals surface area contributed by atoms with E-state index in [9.17, 15) is 31.9 Å². The third kappa shape index (κ3) is 5.49. The van der Waals surface area contributed by atoms with Crippen molar-refractivity contribution in [3.8, 4) is 11.4 Å². The second kappa shape index (κ2) is 9.90. The molecule has 1 aromatic heterocycles. The highest BCUT2D eigenvalue weighted by Crippen LogP contribution is 2.30. The normalized spacial score (nSPS) is 11.9. The van der Waals surface area contributed by atoms with Crippen molar-refractivity contribution in [1.29, 1.82) is 0 Å². The summed E-state index contributed by atoms with van der Waals surface area (Å²) in [6, 6.07) is 1.75. The van der Waals surface area contributed by atoms with Crippen molar-refractivity contribution in [2.24, 2.45) is 7.05 Å². The predicted molar refractivity (Wildman–Crippen MR) is 104 cm³/mol. The Kier molecular flexibility index (Phi) is 7.73. The van der Waals surface area contributed by atoms with Crippen LogP contribution in [0, 0.1) is 5.82 Å². The summed E-state index contributed by atoms with van der Waals surface area (Å²) in [5.41, 5.74) is -5.02. The number of esters is 1. The number of nitrogens with zero attached hydrogens (tertiary/aromatic N) is 2. The monoisotopic (exact) mass is 480 g/mol. The highest BCUT2D eigenvalue weighted by atomic mass is 35.5. The Hall–Kier alpha value is -3.28. The minimum absolute atomic E-state index is 0.00741. The van der Waals surface area contributed by atoms with Gasteiger partial charge in [0, 0.05) is 19.2 Å². The minimum Gasteiger partial charge on any atom is -0.497 e. The highest BCUT2D eigenvalue weighted by Gasteiger charge is 2.35. The quantitative estimate of drug-likeness (QED) is 0.262. The molecule has 0 aliphatic heterocycles. The Balaban J connectivity index is 2.50. The SMILES string of the molecule is CCOC(=O)/C=C(\COc1cc(-n2c(=O)cc(C(F)(F)F)n(C)c2=O)c(F)cc1Cl)OC. The van der Waals surface area contributed by atoms with Crippen LogP contribution in [0.3, 0.4) is 0 Å². The van der Waals surface area contributed by atoms with Crippen LogP contribution in [0.1, 0.15) is 12.6 Å². The molecule has 32 heavy (non-hydrogen) atoms. The van der Waals surface area contributed by atoms with Crippen LogP contribution in [0.15, 0.2) is 39.6 Å². The van der Waals surface area contributed by atoms with Gasteiger partial charge in [0.05, 0.1) is 30.5 Å². The molecule has 0 N–H and O–H groups in total. The summed E-state index contributed by atoms with van der Waals surface area (Å²) in [6.45, 7) is 1.35. The van der Waals surface area contributed by atoms with Gasteiger partial charge in [-0.05, 0) is 13.0 Å². The second-order valence-corrected chi connectivity index (χ2v) is 6.54. The molecule has 0 bridgehead atoms. The molecule has 13 heteroatoms. The number of aromatic nitrogens is 2. The zero-order valence-corrected chi connectivity index (χ0v) is 17.7. The van der Waals surface area contributed by atoms with Gasteiger partial charge in [0.25, 0.3) is 5.56 Å². The lowest BCUT2D eigenvalue weighted by Crippen LogP contribution is -2.41. The van der Waals surface area contributed by atoms with Crippen LogP contribution < -0.4 is 16.0 Å². The van der Waals surface area contributed by atoms with E-state index in [1.807, 2.05) is 0 Å². The largest absolute Gasteiger partial charge is 0.497 e. The maximum absolute atomic E-state index is 14.5. The lowest BCUT2D eigenvalue weighted by molar-refractivity contribution is -0.144. The molecule has 0 spiro atoms. The Morgan fingerprint density at radius 2 is 1.88 bits per heavy atom. The van der Waals surface area contributed by atoms with E-state index in [1.54, 1.807) is 6.92 Å². The smallest absolute Gasteiger partial charge is 0.431 e. The standard InChI is InChI=1S/C19H17ClF4N2O6/c1-4-31-17(28)5-10(30-3)9-32-14-7-13(12(21)6-11(14)20)26-16(27)8-15(19(22,23)24)25(2)18(26)29/h5-8H,4,9H2,1-3H3/b10-5+. The minimum atomic E-state index is -4.97. The van der Waals surface area contributed by atoms with Gasteiger partial charge in [-0.25, -0.2) is 18.5 Å². The summed E-state index contributed by atoms with van der Waals surface area (Å²) >= 11 is 5.93. The third-order valence-electron chi connectivity index (χ3n) is 4.05. The number of hydrogen-bond acceptors (Lipinski definition) is 6. The van der Waals surface area contributed by atoms with E-state index >= 15 is 0 Å². The number of ether oxygens (including phenoxy) is 3. The summed E-state index contributed by atoms with van der Waals surface area (Å²) in [5.74, 6) is -2.09. The Morgan fingerprint density at radius 1 is 1.22 bits per heavy atom. The molecule has 0 aliphatic carbocycles. The van der Waals surface area contributed by atoms with Gasteiger partial charge >= 0.3 is 17.8 Å². The lowest BCUT2D eigenvalue weighted by atomic mass is 10.2. The molecule has 0 radical (unpaired) electrons. The van der Waals surface area contributed by atoms with E-state index in [2.05, 4.69) is 0 Å². The molecule has 2 aromatic rings. The van der Waals surface area contributed by atoms with Crippen molar-refractivity contribution in [2.45, 2.75) is 13.1 Å². The molecule has 1 aromatic carbocycles. The van der Waals surface area contributed by atoms with Crippen LogP contribution in [0.25, 0.3) is 5.69 Å². The fraction of sp³-hybridized carbons (Fsp3) is 0.316. The molecule has 0 aliphatic rings. The molecule has 1 heterocycles. The molecule has 0 saturated heterocycles. The first-order valence-corrected chi connectivity index (χ1v) is 9.22. The van der Waals surface area contributed by atoms with Crippen LogP contribution >= 0.6 is 11.6 Å². The number of benzene rings is 1.